The van der Waals surface area contributed by atoms with Crippen LogP contribution in [0.2, 0.25) is 0 Å². The Kier molecular flexibility index (Phi) is 3.42. The Morgan fingerprint density at radius 2 is 2.09 bits per heavy atom. The molecular formula is C16H14BrN5O. The molecule has 0 radical (unpaired) electrons. The quantitative estimate of drug-likeness (QED) is 0.575. The zero-order chi connectivity index (χ0) is 15.8. The summed E-state index contributed by atoms with van der Waals surface area (Å²) in [5, 5.41) is 6.49. The van der Waals surface area contributed by atoms with Gasteiger partial charge in [0.15, 0.2) is 0 Å². The minimum absolute atomic E-state index is 0.615. The molecule has 0 saturated heterocycles. The largest absolute Gasteiger partial charge is 0.496 e. The van der Waals surface area contributed by atoms with Gasteiger partial charge in [-0.1, -0.05) is 34.1 Å². The maximum Gasteiger partial charge on any atom is 0.253 e. The number of halogens is 1. The van der Waals surface area contributed by atoms with E-state index in [-0.39, 0.29) is 0 Å². The van der Waals surface area contributed by atoms with E-state index >= 15 is 0 Å². The van der Waals surface area contributed by atoms with Crippen molar-refractivity contribution in [3.8, 4) is 5.75 Å². The van der Waals surface area contributed by atoms with Crippen molar-refractivity contribution in [1.29, 1.82) is 0 Å². The lowest BCUT2D eigenvalue weighted by atomic mass is 10.2. The van der Waals surface area contributed by atoms with Crippen LogP contribution in [0.4, 0.5) is 5.95 Å². The Morgan fingerprint density at radius 3 is 2.96 bits per heavy atom. The van der Waals surface area contributed by atoms with Gasteiger partial charge in [0, 0.05) is 16.6 Å². The molecule has 0 aliphatic rings. The minimum atomic E-state index is 0.615. The highest BCUT2D eigenvalue weighted by atomic mass is 79.9. The normalized spacial score (nSPS) is 11.2. The van der Waals surface area contributed by atoms with Gasteiger partial charge in [0.1, 0.15) is 5.75 Å². The number of nitrogens with zero attached hydrogens (tertiary/aromatic N) is 3. The lowest BCUT2D eigenvalue weighted by Gasteiger charge is -2.08. The Labute approximate surface area is 140 Å². The zero-order valence-electron chi connectivity index (χ0n) is 12.4. The van der Waals surface area contributed by atoms with Crippen LogP contribution in [0.3, 0.4) is 0 Å². The first-order valence-corrected chi connectivity index (χ1v) is 7.93. The number of ether oxygens (including phenoxy) is 1. The summed E-state index contributed by atoms with van der Waals surface area (Å²) in [5.41, 5.74) is 2.95. The van der Waals surface area contributed by atoms with E-state index < -0.39 is 0 Å². The molecule has 116 valence electrons. The number of hydrogen-bond acceptors (Lipinski definition) is 4. The van der Waals surface area contributed by atoms with Crippen molar-refractivity contribution in [2.75, 3.05) is 12.4 Å². The number of methoxy groups -OCH3 is 1. The van der Waals surface area contributed by atoms with E-state index in [2.05, 4.69) is 36.3 Å². The highest BCUT2D eigenvalue weighted by Gasteiger charge is 2.10. The van der Waals surface area contributed by atoms with E-state index in [0.29, 0.717) is 18.3 Å². The van der Waals surface area contributed by atoms with Crippen molar-refractivity contribution in [3.63, 3.8) is 0 Å². The lowest BCUT2D eigenvalue weighted by Crippen LogP contribution is -2.03. The Balaban J connectivity index is 1.62. The van der Waals surface area contributed by atoms with E-state index in [0.717, 1.165) is 26.8 Å². The maximum absolute atomic E-state index is 5.35. The number of imidazole rings is 1. The van der Waals surface area contributed by atoms with Gasteiger partial charge in [-0.05, 0) is 24.3 Å². The molecule has 0 fully saturated rings. The summed E-state index contributed by atoms with van der Waals surface area (Å²) in [6.45, 7) is 0.615. The molecule has 0 atom stereocenters. The van der Waals surface area contributed by atoms with Gasteiger partial charge in [-0.2, -0.15) is 4.98 Å². The van der Waals surface area contributed by atoms with E-state index in [1.165, 1.54) is 0 Å². The van der Waals surface area contributed by atoms with Gasteiger partial charge < -0.3 is 10.1 Å². The number of rotatable bonds is 4. The number of nitrogens with one attached hydrogen (secondary N) is 2. The molecule has 0 unspecified atom stereocenters. The van der Waals surface area contributed by atoms with Gasteiger partial charge in [0.05, 0.1) is 18.1 Å². The Morgan fingerprint density at radius 1 is 1.22 bits per heavy atom. The standard InChI is InChI=1S/C16H14BrN5O/c1-23-14-5-3-2-4-10(14)9-18-15-20-16-19-12-8-11(17)6-7-13(12)22(16)21-15/h2-8H,9H2,1H3,(H2,18,19,20,21). The Hall–Kier alpha value is -2.54. The van der Waals surface area contributed by atoms with Crippen molar-refractivity contribution >= 4 is 38.7 Å². The zero-order valence-corrected chi connectivity index (χ0v) is 14.0. The van der Waals surface area contributed by atoms with Crippen LogP contribution in [-0.4, -0.2) is 26.7 Å². The molecule has 2 aromatic heterocycles. The van der Waals surface area contributed by atoms with Gasteiger partial charge in [-0.15, -0.1) is 0 Å². The second-order valence-corrected chi connectivity index (χ2v) is 6.03. The molecule has 4 aromatic rings. The number of benzene rings is 2. The van der Waals surface area contributed by atoms with E-state index in [9.17, 15) is 0 Å². The van der Waals surface area contributed by atoms with Gasteiger partial charge in [0.25, 0.3) is 5.78 Å². The first-order chi connectivity index (χ1) is 11.2. The molecule has 6 nitrogen and oxygen atoms in total. The third-order valence-electron chi connectivity index (χ3n) is 3.67. The van der Waals surface area contributed by atoms with E-state index in [4.69, 9.17) is 4.74 Å². The first-order valence-electron chi connectivity index (χ1n) is 7.14. The number of hydrogen-bond donors (Lipinski definition) is 2. The summed E-state index contributed by atoms with van der Waals surface area (Å²) in [4.78, 5) is 8.99. The summed E-state index contributed by atoms with van der Waals surface area (Å²) in [7, 11) is 1.67. The van der Waals surface area contributed by atoms with E-state index in [1.807, 2.05) is 47.0 Å². The fourth-order valence-electron chi connectivity index (χ4n) is 2.56. The maximum atomic E-state index is 5.35. The molecule has 2 aromatic carbocycles. The predicted molar refractivity (Wildman–Crippen MR) is 92.9 cm³/mol. The SMILES string of the molecule is COc1ccccc1CNc1nc2nc3cc(Br)ccc3n2[nH]1. The van der Waals surface area contributed by atoms with Crippen LogP contribution in [0.5, 0.6) is 5.75 Å². The number of fused-ring (bicyclic) bond motifs is 3. The molecule has 7 heteroatoms. The van der Waals surface area contributed by atoms with Crippen LogP contribution in [0, 0.1) is 0 Å². The van der Waals surface area contributed by atoms with Gasteiger partial charge >= 0.3 is 0 Å². The molecule has 0 aliphatic carbocycles. The second kappa shape index (κ2) is 5.58. The molecule has 0 spiro atoms. The van der Waals surface area contributed by atoms with Crippen molar-refractivity contribution < 1.29 is 4.74 Å². The molecule has 23 heavy (non-hydrogen) atoms. The number of aromatic amines is 1. The number of anilines is 1. The number of aromatic nitrogens is 4. The van der Waals surface area contributed by atoms with Crippen LogP contribution in [0.1, 0.15) is 5.56 Å². The molecule has 4 rings (SSSR count). The monoisotopic (exact) mass is 371 g/mol. The lowest BCUT2D eigenvalue weighted by molar-refractivity contribution is 0.410. The molecule has 0 aliphatic heterocycles. The molecule has 2 N–H and O–H groups in total. The summed E-state index contributed by atoms with van der Waals surface area (Å²) in [6.07, 6.45) is 0. The summed E-state index contributed by atoms with van der Waals surface area (Å²) < 4.78 is 8.22. The molecule has 0 bridgehead atoms. The Bertz CT molecular complexity index is 991. The van der Waals surface area contributed by atoms with Crippen molar-refractivity contribution in [2.24, 2.45) is 0 Å². The van der Waals surface area contributed by atoms with Crippen LogP contribution in [0.15, 0.2) is 46.9 Å². The van der Waals surface area contributed by atoms with Crippen molar-refractivity contribution in [3.05, 3.63) is 52.5 Å². The third kappa shape index (κ3) is 2.53. The molecule has 2 heterocycles. The first kappa shape index (κ1) is 14.1. The van der Waals surface area contributed by atoms with Crippen molar-refractivity contribution in [1.82, 2.24) is 19.6 Å². The van der Waals surface area contributed by atoms with E-state index in [1.54, 1.807) is 7.11 Å². The molecular weight excluding hydrogens is 358 g/mol. The smallest absolute Gasteiger partial charge is 0.253 e. The summed E-state index contributed by atoms with van der Waals surface area (Å²) >= 11 is 3.45. The van der Waals surface area contributed by atoms with Crippen LogP contribution >= 0.6 is 15.9 Å². The summed E-state index contributed by atoms with van der Waals surface area (Å²) in [5.74, 6) is 2.16. The van der Waals surface area contributed by atoms with Crippen LogP contribution in [0.25, 0.3) is 16.8 Å². The highest BCUT2D eigenvalue weighted by molar-refractivity contribution is 9.10. The molecule has 0 amide bonds. The topological polar surface area (TPSA) is 67.2 Å². The number of H-pyrrole nitrogens is 1. The van der Waals surface area contributed by atoms with Gasteiger partial charge in [-0.25, -0.2) is 9.50 Å². The van der Waals surface area contributed by atoms with Crippen LogP contribution in [-0.2, 0) is 6.54 Å². The number of para-hydroxylation sites is 1. The fraction of sp³-hybridized carbons (Fsp3) is 0.125. The highest BCUT2D eigenvalue weighted by Crippen LogP contribution is 2.22. The van der Waals surface area contributed by atoms with Crippen LogP contribution < -0.4 is 10.1 Å². The van der Waals surface area contributed by atoms with Gasteiger partial charge in [0.2, 0.25) is 5.95 Å². The van der Waals surface area contributed by atoms with Gasteiger partial charge in [-0.3, -0.25) is 5.10 Å². The molecule has 0 saturated carbocycles. The fourth-order valence-corrected chi connectivity index (χ4v) is 2.91. The predicted octanol–water partition coefficient (Wildman–Crippen LogP) is 3.59. The van der Waals surface area contributed by atoms with Crippen molar-refractivity contribution in [2.45, 2.75) is 6.54 Å². The summed E-state index contributed by atoms with van der Waals surface area (Å²) in [6, 6.07) is 13.9. The third-order valence-corrected chi connectivity index (χ3v) is 4.16. The average Bonchev–Trinajstić information content (AvgIpc) is 3.09. The minimum Gasteiger partial charge on any atom is -0.496 e. The second-order valence-electron chi connectivity index (χ2n) is 5.12. The average molecular weight is 372 g/mol.